The van der Waals surface area contributed by atoms with E-state index in [4.69, 9.17) is 6.42 Å². The summed E-state index contributed by atoms with van der Waals surface area (Å²) in [5.74, 6) is -1.81. The SMILES string of the molecule is C#CCNC(=O)C(C)Nc1cc(F)cc(F)c1F. The van der Waals surface area contributed by atoms with Crippen molar-refractivity contribution in [3.63, 3.8) is 0 Å². The van der Waals surface area contributed by atoms with Crippen molar-refractivity contribution in [2.75, 3.05) is 11.9 Å². The molecule has 0 radical (unpaired) electrons. The topological polar surface area (TPSA) is 41.1 Å². The van der Waals surface area contributed by atoms with Crippen molar-refractivity contribution in [3.8, 4) is 12.3 Å². The highest BCUT2D eigenvalue weighted by atomic mass is 19.2. The van der Waals surface area contributed by atoms with Gasteiger partial charge < -0.3 is 10.6 Å². The van der Waals surface area contributed by atoms with Crippen molar-refractivity contribution in [3.05, 3.63) is 29.6 Å². The molecule has 1 amide bonds. The lowest BCUT2D eigenvalue weighted by atomic mass is 10.2. The molecular weight excluding hydrogens is 245 g/mol. The Labute approximate surface area is 102 Å². The lowest BCUT2D eigenvalue weighted by Crippen LogP contribution is -2.37. The summed E-state index contributed by atoms with van der Waals surface area (Å²) in [5, 5.41) is 4.72. The van der Waals surface area contributed by atoms with Gasteiger partial charge in [-0.1, -0.05) is 5.92 Å². The lowest BCUT2D eigenvalue weighted by Gasteiger charge is -2.15. The van der Waals surface area contributed by atoms with Crippen LogP contribution in [0, 0.1) is 29.8 Å². The van der Waals surface area contributed by atoms with Gasteiger partial charge in [-0.3, -0.25) is 4.79 Å². The molecule has 0 aliphatic rings. The molecule has 6 heteroatoms. The average Bonchev–Trinajstić information content (AvgIpc) is 2.32. The summed E-state index contributed by atoms with van der Waals surface area (Å²) in [6, 6.07) is 0.307. The molecule has 0 saturated carbocycles. The van der Waals surface area contributed by atoms with Gasteiger partial charge in [-0.25, -0.2) is 13.2 Å². The van der Waals surface area contributed by atoms with Crippen molar-refractivity contribution in [1.82, 2.24) is 5.32 Å². The lowest BCUT2D eigenvalue weighted by molar-refractivity contribution is -0.121. The van der Waals surface area contributed by atoms with Crippen molar-refractivity contribution < 1.29 is 18.0 Å². The zero-order chi connectivity index (χ0) is 13.7. The first kappa shape index (κ1) is 13.9. The Kier molecular flexibility index (Phi) is 4.60. The molecule has 0 fully saturated rings. The first-order chi connectivity index (χ1) is 8.45. The first-order valence-corrected chi connectivity index (χ1v) is 5.08. The third-order valence-corrected chi connectivity index (χ3v) is 2.12. The maximum Gasteiger partial charge on any atom is 0.242 e. The Bertz CT molecular complexity index is 497. The fourth-order valence-corrected chi connectivity index (χ4v) is 1.25. The smallest absolute Gasteiger partial charge is 0.242 e. The molecule has 0 aliphatic heterocycles. The van der Waals surface area contributed by atoms with Crippen LogP contribution in [0.3, 0.4) is 0 Å². The number of hydrogen-bond acceptors (Lipinski definition) is 2. The highest BCUT2D eigenvalue weighted by molar-refractivity contribution is 5.84. The third kappa shape index (κ3) is 3.42. The van der Waals surface area contributed by atoms with Gasteiger partial charge >= 0.3 is 0 Å². The van der Waals surface area contributed by atoms with Crippen LogP contribution in [0.1, 0.15) is 6.92 Å². The maximum absolute atomic E-state index is 13.3. The van der Waals surface area contributed by atoms with Gasteiger partial charge in [0.2, 0.25) is 5.91 Å². The van der Waals surface area contributed by atoms with Crippen LogP contribution < -0.4 is 10.6 Å². The van der Waals surface area contributed by atoms with E-state index in [1.54, 1.807) is 0 Å². The number of halogens is 3. The van der Waals surface area contributed by atoms with Crippen LogP contribution in [0.5, 0.6) is 0 Å². The highest BCUT2D eigenvalue weighted by Crippen LogP contribution is 2.19. The van der Waals surface area contributed by atoms with Crippen molar-refractivity contribution in [1.29, 1.82) is 0 Å². The van der Waals surface area contributed by atoms with Gasteiger partial charge in [0.1, 0.15) is 11.9 Å². The Hall–Kier alpha value is -2.16. The number of rotatable bonds is 4. The first-order valence-electron chi connectivity index (χ1n) is 5.08. The second-order valence-corrected chi connectivity index (χ2v) is 3.54. The van der Waals surface area contributed by atoms with Crippen LogP contribution >= 0.6 is 0 Å². The number of benzene rings is 1. The number of carbonyl (C=O) groups excluding carboxylic acids is 1. The Balaban J connectivity index is 2.79. The van der Waals surface area contributed by atoms with Crippen molar-refractivity contribution in [2.24, 2.45) is 0 Å². The zero-order valence-corrected chi connectivity index (χ0v) is 9.56. The van der Waals surface area contributed by atoms with E-state index in [-0.39, 0.29) is 6.54 Å². The molecule has 0 spiro atoms. The molecule has 18 heavy (non-hydrogen) atoms. The summed E-state index contributed by atoms with van der Waals surface area (Å²) in [4.78, 5) is 11.4. The second kappa shape index (κ2) is 5.96. The van der Waals surface area contributed by atoms with Gasteiger partial charge in [0.25, 0.3) is 0 Å². The second-order valence-electron chi connectivity index (χ2n) is 3.54. The van der Waals surface area contributed by atoms with Crippen LogP contribution in [-0.2, 0) is 4.79 Å². The molecule has 0 aliphatic carbocycles. The standard InChI is InChI=1S/C12H11F3N2O/c1-3-4-16-12(18)7(2)17-10-6-8(13)5-9(14)11(10)15/h1,5-7,17H,4H2,2H3,(H,16,18). The van der Waals surface area contributed by atoms with Crippen LogP contribution in [0.25, 0.3) is 0 Å². The Morgan fingerprint density at radius 2 is 2.11 bits per heavy atom. The molecule has 1 rings (SSSR count). The molecule has 1 unspecified atom stereocenters. The summed E-state index contributed by atoms with van der Waals surface area (Å²) < 4.78 is 39.1. The molecule has 1 aromatic rings. The number of hydrogen-bond donors (Lipinski definition) is 2. The summed E-state index contributed by atoms with van der Waals surface area (Å²) >= 11 is 0. The highest BCUT2D eigenvalue weighted by Gasteiger charge is 2.16. The molecule has 0 bridgehead atoms. The van der Waals surface area contributed by atoms with E-state index in [1.165, 1.54) is 6.92 Å². The molecular formula is C12H11F3N2O. The van der Waals surface area contributed by atoms with Crippen molar-refractivity contribution >= 4 is 11.6 Å². The largest absolute Gasteiger partial charge is 0.371 e. The molecule has 0 heterocycles. The number of amides is 1. The summed E-state index contributed by atoms with van der Waals surface area (Å²) in [7, 11) is 0. The molecule has 0 aromatic heterocycles. The van der Waals surface area contributed by atoms with E-state index in [9.17, 15) is 18.0 Å². The quantitative estimate of drug-likeness (QED) is 0.635. The molecule has 0 saturated heterocycles. The van der Waals surface area contributed by atoms with Crippen LogP contribution in [-0.4, -0.2) is 18.5 Å². The molecule has 96 valence electrons. The van der Waals surface area contributed by atoms with Crippen molar-refractivity contribution in [2.45, 2.75) is 13.0 Å². The molecule has 2 N–H and O–H groups in total. The minimum absolute atomic E-state index is 0.0187. The number of carbonyl (C=O) groups is 1. The van der Waals surface area contributed by atoms with Gasteiger partial charge in [0.05, 0.1) is 12.2 Å². The number of anilines is 1. The minimum Gasteiger partial charge on any atom is -0.371 e. The normalized spacial score (nSPS) is 11.5. The monoisotopic (exact) mass is 256 g/mol. The van der Waals surface area contributed by atoms with E-state index >= 15 is 0 Å². The third-order valence-electron chi connectivity index (χ3n) is 2.12. The summed E-state index contributed by atoms with van der Waals surface area (Å²) in [5.41, 5.74) is -0.421. The molecule has 3 nitrogen and oxygen atoms in total. The van der Waals surface area contributed by atoms with Crippen LogP contribution in [0.15, 0.2) is 12.1 Å². The fraction of sp³-hybridized carbons (Fsp3) is 0.250. The fourth-order valence-electron chi connectivity index (χ4n) is 1.25. The minimum atomic E-state index is -1.33. The van der Waals surface area contributed by atoms with Gasteiger partial charge in [-0.15, -0.1) is 6.42 Å². The van der Waals surface area contributed by atoms with E-state index in [0.717, 1.165) is 6.07 Å². The summed E-state index contributed by atoms with van der Waals surface area (Å²) in [6.07, 6.45) is 4.95. The summed E-state index contributed by atoms with van der Waals surface area (Å²) in [6.45, 7) is 1.43. The van der Waals surface area contributed by atoms with Crippen LogP contribution in [0.4, 0.5) is 18.9 Å². The Morgan fingerprint density at radius 1 is 1.44 bits per heavy atom. The van der Waals surface area contributed by atoms with E-state index in [0.29, 0.717) is 6.07 Å². The number of terminal acetylenes is 1. The predicted octanol–water partition coefficient (Wildman–Crippen LogP) is 1.65. The van der Waals surface area contributed by atoms with Gasteiger partial charge in [0.15, 0.2) is 11.6 Å². The maximum atomic E-state index is 13.3. The van der Waals surface area contributed by atoms with Gasteiger partial charge in [-0.2, -0.15) is 0 Å². The average molecular weight is 256 g/mol. The molecule has 1 aromatic carbocycles. The Morgan fingerprint density at radius 3 is 2.72 bits per heavy atom. The predicted molar refractivity (Wildman–Crippen MR) is 61.2 cm³/mol. The van der Waals surface area contributed by atoms with E-state index in [1.807, 2.05) is 0 Å². The van der Waals surface area contributed by atoms with Gasteiger partial charge in [-0.05, 0) is 6.92 Å². The van der Waals surface area contributed by atoms with Crippen LogP contribution in [0.2, 0.25) is 0 Å². The number of nitrogens with one attached hydrogen (secondary N) is 2. The zero-order valence-electron chi connectivity index (χ0n) is 9.56. The van der Waals surface area contributed by atoms with E-state index < -0.39 is 35.1 Å². The molecule has 1 atom stereocenters. The van der Waals surface area contributed by atoms with Gasteiger partial charge in [0, 0.05) is 12.1 Å². The van der Waals surface area contributed by atoms with E-state index in [2.05, 4.69) is 16.6 Å².